The Labute approximate surface area is 156 Å². The van der Waals surface area contributed by atoms with Crippen LogP contribution in [-0.2, 0) is 0 Å². The Kier molecular flexibility index (Phi) is 5.13. The largest absolute Gasteiger partial charge is 0.478 e. The normalized spacial score (nSPS) is 21.3. The van der Waals surface area contributed by atoms with E-state index in [1.807, 2.05) is 12.1 Å². The number of anilines is 1. The molecular weight excluding hydrogens is 446 g/mol. The standard InChI is InChI=1S/C18H17F3INO2/c19-18(20,21)12-3-5-13(6-4-12)23-15-8-2-10-9-11(17(24)25)1-7-14(10)16(15)22/h1-2,7-9,12-13,23H,3-6H2,(H,24,25). The number of alkyl halides is 3. The predicted octanol–water partition coefficient (Wildman–Crippen LogP) is 5.68. The van der Waals surface area contributed by atoms with E-state index < -0.39 is 18.1 Å². The molecule has 0 aliphatic heterocycles. The maximum absolute atomic E-state index is 12.8. The minimum absolute atomic E-state index is 0.0304. The van der Waals surface area contributed by atoms with Crippen LogP contribution in [0.1, 0.15) is 36.0 Å². The molecule has 2 aromatic rings. The van der Waals surface area contributed by atoms with Crippen LogP contribution in [0.5, 0.6) is 0 Å². The molecule has 0 heterocycles. The highest BCUT2D eigenvalue weighted by Crippen LogP contribution is 2.39. The van der Waals surface area contributed by atoms with Crippen LogP contribution in [0.2, 0.25) is 0 Å². The minimum Gasteiger partial charge on any atom is -0.478 e. The van der Waals surface area contributed by atoms with Gasteiger partial charge >= 0.3 is 12.1 Å². The van der Waals surface area contributed by atoms with Crippen molar-refractivity contribution in [1.29, 1.82) is 0 Å². The zero-order chi connectivity index (χ0) is 18.2. The third-order valence-corrected chi connectivity index (χ3v) is 5.91. The van der Waals surface area contributed by atoms with Crippen molar-refractivity contribution >= 4 is 45.0 Å². The smallest absolute Gasteiger partial charge is 0.391 e. The molecule has 0 saturated heterocycles. The van der Waals surface area contributed by atoms with Crippen molar-refractivity contribution in [3.05, 3.63) is 39.5 Å². The molecule has 1 saturated carbocycles. The maximum atomic E-state index is 12.8. The van der Waals surface area contributed by atoms with Crippen molar-refractivity contribution in [1.82, 2.24) is 0 Å². The lowest BCUT2D eigenvalue weighted by molar-refractivity contribution is -0.182. The first-order chi connectivity index (χ1) is 11.8. The third kappa shape index (κ3) is 4.02. The highest BCUT2D eigenvalue weighted by molar-refractivity contribution is 14.1. The number of halogens is 4. The number of carbonyl (C=O) groups is 1. The van der Waals surface area contributed by atoms with Gasteiger partial charge in [0.15, 0.2) is 0 Å². The summed E-state index contributed by atoms with van der Waals surface area (Å²) in [6.07, 6.45) is -2.78. The van der Waals surface area contributed by atoms with Crippen LogP contribution in [0.25, 0.3) is 10.8 Å². The summed E-state index contributed by atoms with van der Waals surface area (Å²) in [4.78, 5) is 11.1. The molecule has 1 fully saturated rings. The number of carboxylic acids is 1. The lowest BCUT2D eigenvalue weighted by Gasteiger charge is -2.31. The summed E-state index contributed by atoms with van der Waals surface area (Å²) in [5.41, 5.74) is 1.11. The number of nitrogens with one attached hydrogen (secondary N) is 1. The van der Waals surface area contributed by atoms with Crippen LogP contribution in [0, 0.1) is 9.49 Å². The van der Waals surface area contributed by atoms with Gasteiger partial charge in [-0.3, -0.25) is 0 Å². The molecule has 2 N–H and O–H groups in total. The second-order valence-electron chi connectivity index (χ2n) is 6.40. The molecule has 0 amide bonds. The molecule has 3 rings (SSSR count). The molecule has 0 bridgehead atoms. The van der Waals surface area contributed by atoms with Crippen molar-refractivity contribution in [2.45, 2.75) is 37.9 Å². The Morgan fingerprint density at radius 1 is 1.12 bits per heavy atom. The predicted molar refractivity (Wildman–Crippen MR) is 99.0 cm³/mol. The number of carboxylic acid groups (broad SMARTS) is 1. The topological polar surface area (TPSA) is 49.3 Å². The number of rotatable bonds is 3. The van der Waals surface area contributed by atoms with E-state index in [0.717, 1.165) is 20.0 Å². The fraction of sp³-hybridized carbons (Fsp3) is 0.389. The van der Waals surface area contributed by atoms with Crippen LogP contribution in [0.15, 0.2) is 30.3 Å². The number of aromatic carboxylic acids is 1. The molecule has 7 heteroatoms. The van der Waals surface area contributed by atoms with E-state index >= 15 is 0 Å². The number of hydrogen-bond donors (Lipinski definition) is 2. The average molecular weight is 463 g/mol. The first kappa shape index (κ1) is 18.3. The summed E-state index contributed by atoms with van der Waals surface area (Å²) in [6.45, 7) is 0. The summed E-state index contributed by atoms with van der Waals surface area (Å²) >= 11 is 2.19. The Hall–Kier alpha value is -1.51. The average Bonchev–Trinajstić information content (AvgIpc) is 2.56. The molecular formula is C18H17F3INO2. The van der Waals surface area contributed by atoms with E-state index in [1.54, 1.807) is 18.2 Å². The van der Waals surface area contributed by atoms with Crippen LogP contribution < -0.4 is 5.32 Å². The van der Waals surface area contributed by atoms with Gasteiger partial charge in [-0.1, -0.05) is 12.1 Å². The highest BCUT2D eigenvalue weighted by Gasteiger charge is 2.41. The molecule has 0 atom stereocenters. The summed E-state index contributed by atoms with van der Waals surface area (Å²) in [7, 11) is 0. The Balaban J connectivity index is 1.75. The van der Waals surface area contributed by atoms with E-state index in [-0.39, 0.29) is 24.4 Å². The summed E-state index contributed by atoms with van der Waals surface area (Å²) < 4.78 is 39.2. The molecule has 0 unspecified atom stereocenters. The second-order valence-corrected chi connectivity index (χ2v) is 7.48. The number of hydrogen-bond acceptors (Lipinski definition) is 2. The zero-order valence-electron chi connectivity index (χ0n) is 13.2. The molecule has 0 aromatic heterocycles. The van der Waals surface area contributed by atoms with E-state index in [4.69, 9.17) is 5.11 Å². The van der Waals surface area contributed by atoms with Gasteiger partial charge in [0.2, 0.25) is 0 Å². The number of benzene rings is 2. The monoisotopic (exact) mass is 463 g/mol. The fourth-order valence-corrected chi connectivity index (χ4v) is 4.15. The lowest BCUT2D eigenvalue weighted by atomic mass is 9.85. The zero-order valence-corrected chi connectivity index (χ0v) is 15.4. The van der Waals surface area contributed by atoms with Gasteiger partial charge in [0.05, 0.1) is 11.5 Å². The first-order valence-corrected chi connectivity index (χ1v) is 9.12. The number of fused-ring (bicyclic) bond motifs is 1. The van der Waals surface area contributed by atoms with Crippen molar-refractivity contribution in [2.24, 2.45) is 5.92 Å². The van der Waals surface area contributed by atoms with Gasteiger partial charge in [-0.05, 0) is 77.2 Å². The van der Waals surface area contributed by atoms with Gasteiger partial charge in [-0.15, -0.1) is 0 Å². The minimum atomic E-state index is -4.09. The van der Waals surface area contributed by atoms with Crippen LogP contribution in [0.4, 0.5) is 18.9 Å². The van der Waals surface area contributed by atoms with Crippen molar-refractivity contribution < 1.29 is 23.1 Å². The molecule has 0 spiro atoms. The molecule has 2 aromatic carbocycles. The molecule has 0 radical (unpaired) electrons. The molecule has 1 aliphatic carbocycles. The van der Waals surface area contributed by atoms with E-state index in [2.05, 4.69) is 27.9 Å². The van der Waals surface area contributed by atoms with Gasteiger partial charge in [0.1, 0.15) is 0 Å². The molecule has 1 aliphatic rings. The quantitative estimate of drug-likeness (QED) is 0.577. The summed E-state index contributed by atoms with van der Waals surface area (Å²) in [5, 5.41) is 14.2. The van der Waals surface area contributed by atoms with Gasteiger partial charge < -0.3 is 10.4 Å². The summed E-state index contributed by atoms with van der Waals surface area (Å²) in [6, 6.07) is 8.69. The van der Waals surface area contributed by atoms with E-state index in [0.29, 0.717) is 12.8 Å². The van der Waals surface area contributed by atoms with Gasteiger partial charge in [-0.2, -0.15) is 13.2 Å². The van der Waals surface area contributed by atoms with Crippen molar-refractivity contribution in [3.63, 3.8) is 0 Å². The molecule has 134 valence electrons. The molecule has 25 heavy (non-hydrogen) atoms. The van der Waals surface area contributed by atoms with Crippen LogP contribution >= 0.6 is 22.6 Å². The Bertz CT molecular complexity index is 799. The van der Waals surface area contributed by atoms with E-state index in [9.17, 15) is 18.0 Å². The second kappa shape index (κ2) is 7.01. The van der Waals surface area contributed by atoms with Crippen molar-refractivity contribution in [2.75, 3.05) is 5.32 Å². The van der Waals surface area contributed by atoms with Crippen LogP contribution in [-0.4, -0.2) is 23.3 Å². The van der Waals surface area contributed by atoms with Gasteiger partial charge in [-0.25, -0.2) is 4.79 Å². The van der Waals surface area contributed by atoms with E-state index in [1.165, 1.54) is 0 Å². The fourth-order valence-electron chi connectivity index (χ4n) is 3.32. The summed E-state index contributed by atoms with van der Waals surface area (Å²) in [5.74, 6) is -2.16. The van der Waals surface area contributed by atoms with Gasteiger partial charge in [0.25, 0.3) is 0 Å². The van der Waals surface area contributed by atoms with Crippen molar-refractivity contribution in [3.8, 4) is 0 Å². The Morgan fingerprint density at radius 3 is 2.40 bits per heavy atom. The van der Waals surface area contributed by atoms with Crippen LogP contribution in [0.3, 0.4) is 0 Å². The van der Waals surface area contributed by atoms with Gasteiger partial charge in [0, 0.05) is 15.3 Å². The third-order valence-electron chi connectivity index (χ3n) is 4.75. The lowest BCUT2D eigenvalue weighted by Crippen LogP contribution is -2.32. The first-order valence-electron chi connectivity index (χ1n) is 8.04. The maximum Gasteiger partial charge on any atom is 0.391 e. The SMILES string of the molecule is O=C(O)c1ccc2c(I)c(NC3CCC(C(F)(F)F)CC3)ccc2c1. The Morgan fingerprint density at radius 2 is 1.80 bits per heavy atom. The highest BCUT2D eigenvalue weighted by atomic mass is 127. The molecule has 3 nitrogen and oxygen atoms in total.